The lowest BCUT2D eigenvalue weighted by atomic mass is 10.1. The van der Waals surface area contributed by atoms with Gasteiger partial charge in [0.2, 0.25) is 0 Å². The van der Waals surface area contributed by atoms with Gasteiger partial charge in [-0.1, -0.05) is 13.3 Å². The minimum absolute atomic E-state index is 0.755. The first-order valence-electron chi connectivity index (χ1n) is 6.86. The molecule has 3 unspecified atom stereocenters. The Labute approximate surface area is 100 Å². The largest absolute Gasteiger partial charge is 0.313 e. The Hall–Kier alpha value is -0.120. The second-order valence-corrected chi connectivity index (χ2v) is 5.56. The fourth-order valence-electron chi connectivity index (χ4n) is 3.37. The van der Waals surface area contributed by atoms with Crippen molar-refractivity contribution in [3.8, 4) is 0 Å². The molecule has 0 aromatic carbocycles. The summed E-state index contributed by atoms with van der Waals surface area (Å²) < 4.78 is 0. The topological polar surface area (TPSA) is 18.5 Å². The molecule has 2 rings (SSSR count). The first-order valence-corrected chi connectivity index (χ1v) is 6.86. The quantitative estimate of drug-likeness (QED) is 0.774. The summed E-state index contributed by atoms with van der Waals surface area (Å²) in [4.78, 5) is 5.11. The van der Waals surface area contributed by atoms with E-state index in [2.05, 4.69) is 36.1 Å². The highest BCUT2D eigenvalue weighted by Crippen LogP contribution is 2.28. The minimum atomic E-state index is 0.755. The molecule has 1 N–H and O–H groups in total. The smallest absolute Gasteiger partial charge is 0.0250 e. The second-order valence-electron chi connectivity index (χ2n) is 5.56. The molecule has 0 aromatic rings. The molecule has 16 heavy (non-hydrogen) atoms. The van der Waals surface area contributed by atoms with Crippen molar-refractivity contribution < 1.29 is 0 Å². The van der Waals surface area contributed by atoms with Crippen LogP contribution in [0.1, 0.15) is 32.6 Å². The lowest BCUT2D eigenvalue weighted by Gasteiger charge is -2.30. The van der Waals surface area contributed by atoms with Crippen molar-refractivity contribution in [3.05, 3.63) is 0 Å². The zero-order chi connectivity index (χ0) is 11.5. The molecule has 1 heterocycles. The van der Waals surface area contributed by atoms with Gasteiger partial charge in [0.15, 0.2) is 0 Å². The number of hydrogen-bond donors (Lipinski definition) is 1. The van der Waals surface area contributed by atoms with Crippen LogP contribution in [0.4, 0.5) is 0 Å². The highest BCUT2D eigenvalue weighted by atomic mass is 15.3. The number of rotatable bonds is 4. The molecular formula is C13H27N3. The highest BCUT2D eigenvalue weighted by molar-refractivity contribution is 4.94. The Morgan fingerprint density at radius 3 is 2.69 bits per heavy atom. The van der Waals surface area contributed by atoms with Gasteiger partial charge in [-0.05, 0) is 39.9 Å². The minimum Gasteiger partial charge on any atom is -0.313 e. The lowest BCUT2D eigenvalue weighted by Crippen LogP contribution is -2.46. The molecule has 0 amide bonds. The van der Waals surface area contributed by atoms with Gasteiger partial charge >= 0.3 is 0 Å². The highest BCUT2D eigenvalue weighted by Gasteiger charge is 2.35. The van der Waals surface area contributed by atoms with Crippen molar-refractivity contribution in [2.24, 2.45) is 0 Å². The summed E-state index contributed by atoms with van der Waals surface area (Å²) in [6.07, 6.45) is 5.53. The second kappa shape index (κ2) is 5.48. The molecule has 1 saturated carbocycles. The molecule has 2 aliphatic rings. The molecule has 0 spiro atoms. The molecule has 3 atom stereocenters. The Morgan fingerprint density at radius 2 is 2.06 bits per heavy atom. The first-order chi connectivity index (χ1) is 7.72. The van der Waals surface area contributed by atoms with E-state index in [1.165, 1.54) is 38.8 Å². The zero-order valence-electron chi connectivity index (χ0n) is 11.1. The molecule has 1 aliphatic carbocycles. The molecule has 0 bridgehead atoms. The van der Waals surface area contributed by atoms with Gasteiger partial charge in [0.05, 0.1) is 0 Å². The summed E-state index contributed by atoms with van der Waals surface area (Å²) in [7, 11) is 4.43. The number of likely N-dealkylation sites (tertiary alicyclic amines) is 1. The van der Waals surface area contributed by atoms with E-state index in [0.29, 0.717) is 0 Å². The Balaban J connectivity index is 1.88. The van der Waals surface area contributed by atoms with E-state index in [9.17, 15) is 0 Å². The van der Waals surface area contributed by atoms with Crippen LogP contribution in [0, 0.1) is 0 Å². The molecule has 0 radical (unpaired) electrons. The van der Waals surface area contributed by atoms with Crippen LogP contribution in [0.3, 0.4) is 0 Å². The van der Waals surface area contributed by atoms with E-state index in [1.807, 2.05) is 0 Å². The van der Waals surface area contributed by atoms with Crippen LogP contribution in [0.15, 0.2) is 0 Å². The van der Waals surface area contributed by atoms with Gasteiger partial charge in [-0.25, -0.2) is 0 Å². The van der Waals surface area contributed by atoms with Gasteiger partial charge in [-0.15, -0.1) is 0 Å². The maximum absolute atomic E-state index is 3.66. The number of likely N-dealkylation sites (N-methyl/N-ethyl adjacent to an activating group) is 2. The molecule has 0 aromatic heterocycles. The summed E-state index contributed by atoms with van der Waals surface area (Å²) >= 11 is 0. The SMILES string of the molecule is CCNC1CCCC1N1CCC(N(C)C)C1. The predicted molar refractivity (Wildman–Crippen MR) is 68.8 cm³/mol. The Bertz CT molecular complexity index is 217. The normalized spacial score (nSPS) is 36.4. The maximum atomic E-state index is 3.66. The van der Waals surface area contributed by atoms with Gasteiger partial charge in [-0.2, -0.15) is 0 Å². The summed E-state index contributed by atoms with van der Waals surface area (Å²) in [6, 6.07) is 2.35. The van der Waals surface area contributed by atoms with Crippen LogP contribution in [0.2, 0.25) is 0 Å². The molecule has 3 heteroatoms. The Kier molecular flexibility index (Phi) is 4.22. The standard InChI is InChI=1S/C13H27N3/c1-4-14-12-6-5-7-13(12)16-9-8-11(10-16)15(2)3/h11-14H,4-10H2,1-3H3. The van der Waals surface area contributed by atoms with Gasteiger partial charge in [-0.3, -0.25) is 4.90 Å². The molecule has 3 nitrogen and oxygen atoms in total. The van der Waals surface area contributed by atoms with E-state index >= 15 is 0 Å². The van der Waals surface area contributed by atoms with Crippen molar-refractivity contribution in [3.63, 3.8) is 0 Å². The van der Waals surface area contributed by atoms with E-state index in [4.69, 9.17) is 0 Å². The monoisotopic (exact) mass is 225 g/mol. The van der Waals surface area contributed by atoms with Crippen LogP contribution in [0.5, 0.6) is 0 Å². The number of nitrogens with zero attached hydrogens (tertiary/aromatic N) is 2. The van der Waals surface area contributed by atoms with Crippen molar-refractivity contribution in [1.29, 1.82) is 0 Å². The molecule has 1 aliphatic heterocycles. The van der Waals surface area contributed by atoms with Crippen LogP contribution in [-0.2, 0) is 0 Å². The molecule has 1 saturated heterocycles. The van der Waals surface area contributed by atoms with E-state index in [1.54, 1.807) is 0 Å². The van der Waals surface area contributed by atoms with Gasteiger partial charge < -0.3 is 10.2 Å². The third-order valence-corrected chi connectivity index (χ3v) is 4.34. The van der Waals surface area contributed by atoms with Crippen LogP contribution >= 0.6 is 0 Å². The van der Waals surface area contributed by atoms with Gasteiger partial charge in [0, 0.05) is 31.2 Å². The summed E-state index contributed by atoms with van der Waals surface area (Å²) in [5.41, 5.74) is 0. The fourth-order valence-corrected chi connectivity index (χ4v) is 3.37. The molecular weight excluding hydrogens is 198 g/mol. The van der Waals surface area contributed by atoms with Crippen molar-refractivity contribution in [2.45, 2.75) is 50.7 Å². The average molecular weight is 225 g/mol. The Morgan fingerprint density at radius 1 is 1.25 bits per heavy atom. The molecule has 94 valence electrons. The zero-order valence-corrected chi connectivity index (χ0v) is 11.1. The van der Waals surface area contributed by atoms with Crippen LogP contribution < -0.4 is 5.32 Å². The van der Waals surface area contributed by atoms with E-state index in [-0.39, 0.29) is 0 Å². The first kappa shape index (κ1) is 12.3. The summed E-state index contributed by atoms with van der Waals surface area (Å²) in [5.74, 6) is 0. The van der Waals surface area contributed by atoms with E-state index in [0.717, 1.165) is 24.7 Å². The lowest BCUT2D eigenvalue weighted by molar-refractivity contribution is 0.193. The van der Waals surface area contributed by atoms with Gasteiger partial charge in [0.25, 0.3) is 0 Å². The third kappa shape index (κ3) is 2.58. The van der Waals surface area contributed by atoms with Crippen molar-refractivity contribution in [2.75, 3.05) is 33.7 Å². The predicted octanol–water partition coefficient (Wildman–Crippen LogP) is 1.15. The van der Waals surface area contributed by atoms with Crippen molar-refractivity contribution >= 4 is 0 Å². The van der Waals surface area contributed by atoms with E-state index < -0.39 is 0 Å². The fraction of sp³-hybridized carbons (Fsp3) is 1.00. The number of nitrogens with one attached hydrogen (secondary N) is 1. The maximum Gasteiger partial charge on any atom is 0.0250 e. The summed E-state index contributed by atoms with van der Waals surface area (Å²) in [6.45, 7) is 5.92. The van der Waals surface area contributed by atoms with Crippen LogP contribution in [0.25, 0.3) is 0 Å². The number of hydrogen-bond acceptors (Lipinski definition) is 3. The molecule has 2 fully saturated rings. The summed E-state index contributed by atoms with van der Waals surface area (Å²) in [5, 5.41) is 3.66. The average Bonchev–Trinajstić information content (AvgIpc) is 2.84. The van der Waals surface area contributed by atoms with Crippen LogP contribution in [-0.4, -0.2) is 61.7 Å². The van der Waals surface area contributed by atoms with Gasteiger partial charge in [0.1, 0.15) is 0 Å². The van der Waals surface area contributed by atoms with Crippen molar-refractivity contribution in [1.82, 2.24) is 15.1 Å². The third-order valence-electron chi connectivity index (χ3n) is 4.34.